The summed E-state index contributed by atoms with van der Waals surface area (Å²) in [5.41, 5.74) is 8.05. The molecule has 0 saturated heterocycles. The number of amides is 3. The van der Waals surface area contributed by atoms with Gasteiger partial charge in [0.15, 0.2) is 6.10 Å². The van der Waals surface area contributed by atoms with Gasteiger partial charge < -0.3 is 25.8 Å². The molecule has 0 radical (unpaired) electrons. The van der Waals surface area contributed by atoms with Crippen LogP contribution in [-0.4, -0.2) is 30.4 Å². The van der Waals surface area contributed by atoms with Crippen LogP contribution in [-0.2, 0) is 17.6 Å². The van der Waals surface area contributed by atoms with Gasteiger partial charge in [0.05, 0.1) is 12.2 Å². The van der Waals surface area contributed by atoms with Gasteiger partial charge in [-0.15, -0.1) is 11.3 Å². The van der Waals surface area contributed by atoms with Crippen molar-refractivity contribution in [1.29, 1.82) is 0 Å². The minimum atomic E-state index is -0.758. The first-order valence-electron chi connectivity index (χ1n) is 11.9. The highest BCUT2D eigenvalue weighted by atomic mass is 32.1. The largest absolute Gasteiger partial charge is 0.494 e. The number of anilines is 2. The maximum atomic E-state index is 12.8. The Bertz CT molecular complexity index is 1250. The van der Waals surface area contributed by atoms with Crippen LogP contribution in [0.25, 0.3) is 0 Å². The molecule has 9 heteroatoms. The fourth-order valence-corrected chi connectivity index (χ4v) is 5.37. The molecule has 0 aliphatic heterocycles. The van der Waals surface area contributed by atoms with Crippen LogP contribution in [0.15, 0.2) is 48.5 Å². The van der Waals surface area contributed by atoms with Crippen LogP contribution in [0, 0.1) is 0 Å². The molecule has 0 bridgehead atoms. The van der Waals surface area contributed by atoms with E-state index in [2.05, 4.69) is 10.6 Å². The predicted molar refractivity (Wildman–Crippen MR) is 140 cm³/mol. The molecule has 1 heterocycles. The molecule has 2 aromatic carbocycles. The molecule has 0 fully saturated rings. The summed E-state index contributed by atoms with van der Waals surface area (Å²) in [5.74, 6) is 0.00951. The number of rotatable bonds is 9. The first kappa shape index (κ1) is 25.2. The number of nitrogens with two attached hydrogens (primary N) is 1. The Hall–Kier alpha value is -3.85. The molecular weight excluding hydrogens is 478 g/mol. The number of hydrogen-bond donors (Lipinski definition) is 3. The monoisotopic (exact) mass is 507 g/mol. The Morgan fingerprint density at radius 2 is 1.64 bits per heavy atom. The third-order valence-corrected chi connectivity index (χ3v) is 7.08. The van der Waals surface area contributed by atoms with Gasteiger partial charge in [-0.2, -0.15) is 0 Å². The van der Waals surface area contributed by atoms with E-state index < -0.39 is 12.0 Å². The van der Waals surface area contributed by atoms with E-state index in [0.717, 1.165) is 41.9 Å². The van der Waals surface area contributed by atoms with Crippen molar-refractivity contribution in [2.24, 2.45) is 5.73 Å². The van der Waals surface area contributed by atoms with Crippen molar-refractivity contribution in [2.45, 2.75) is 45.6 Å². The van der Waals surface area contributed by atoms with Crippen molar-refractivity contribution in [3.63, 3.8) is 0 Å². The summed E-state index contributed by atoms with van der Waals surface area (Å²) in [7, 11) is 0. The molecule has 3 amide bonds. The normalized spacial score (nSPS) is 13.3. The van der Waals surface area contributed by atoms with E-state index in [1.165, 1.54) is 11.3 Å². The van der Waals surface area contributed by atoms with Crippen LogP contribution in [0.1, 0.15) is 57.8 Å². The second-order valence-corrected chi connectivity index (χ2v) is 9.57. The molecule has 0 saturated carbocycles. The first-order valence-corrected chi connectivity index (χ1v) is 12.7. The van der Waals surface area contributed by atoms with Crippen molar-refractivity contribution in [1.82, 2.24) is 0 Å². The van der Waals surface area contributed by atoms with E-state index in [0.29, 0.717) is 34.2 Å². The highest BCUT2D eigenvalue weighted by Gasteiger charge is 2.25. The van der Waals surface area contributed by atoms with E-state index in [4.69, 9.17) is 15.2 Å². The minimum absolute atomic E-state index is 0.304. The second kappa shape index (κ2) is 11.3. The molecule has 36 heavy (non-hydrogen) atoms. The van der Waals surface area contributed by atoms with Crippen molar-refractivity contribution in [2.75, 3.05) is 17.2 Å². The third-order valence-electron chi connectivity index (χ3n) is 5.88. The van der Waals surface area contributed by atoms with Gasteiger partial charge in [0.25, 0.3) is 17.7 Å². The van der Waals surface area contributed by atoms with Crippen LogP contribution >= 0.6 is 11.3 Å². The van der Waals surface area contributed by atoms with Gasteiger partial charge in [0.2, 0.25) is 0 Å². The lowest BCUT2D eigenvalue weighted by molar-refractivity contribution is -0.122. The average molecular weight is 508 g/mol. The lowest BCUT2D eigenvalue weighted by Crippen LogP contribution is -2.30. The van der Waals surface area contributed by atoms with Crippen LogP contribution in [0.4, 0.5) is 10.7 Å². The Morgan fingerprint density at radius 1 is 0.972 bits per heavy atom. The maximum absolute atomic E-state index is 12.8. The summed E-state index contributed by atoms with van der Waals surface area (Å²) in [6.07, 6.45) is 3.02. The molecule has 1 aliphatic carbocycles. The smallest absolute Gasteiger partial charge is 0.265 e. The number of carbonyl (C=O) groups excluding carboxylic acids is 3. The minimum Gasteiger partial charge on any atom is -0.494 e. The Labute approximate surface area is 213 Å². The summed E-state index contributed by atoms with van der Waals surface area (Å²) < 4.78 is 11.1. The van der Waals surface area contributed by atoms with Gasteiger partial charge in [-0.05, 0) is 93.6 Å². The summed E-state index contributed by atoms with van der Waals surface area (Å²) in [4.78, 5) is 38.5. The van der Waals surface area contributed by atoms with E-state index in [1.807, 2.05) is 6.92 Å². The number of carbonyl (C=O) groups is 3. The molecule has 0 spiro atoms. The van der Waals surface area contributed by atoms with E-state index in [-0.39, 0.29) is 11.8 Å². The lowest BCUT2D eigenvalue weighted by atomic mass is 9.95. The number of ether oxygens (including phenoxy) is 2. The van der Waals surface area contributed by atoms with Gasteiger partial charge in [-0.25, -0.2) is 0 Å². The average Bonchev–Trinajstić information content (AvgIpc) is 3.23. The summed E-state index contributed by atoms with van der Waals surface area (Å²) in [6.45, 7) is 4.12. The van der Waals surface area contributed by atoms with Crippen LogP contribution in [0.5, 0.6) is 11.5 Å². The van der Waals surface area contributed by atoms with E-state index in [1.54, 1.807) is 55.5 Å². The van der Waals surface area contributed by atoms with Crippen molar-refractivity contribution >= 4 is 39.7 Å². The summed E-state index contributed by atoms with van der Waals surface area (Å²) >= 11 is 1.42. The van der Waals surface area contributed by atoms with Crippen LogP contribution < -0.4 is 25.8 Å². The number of benzene rings is 2. The molecule has 1 unspecified atom stereocenters. The number of aryl methyl sites for hydroxylation is 1. The zero-order valence-corrected chi connectivity index (χ0v) is 21.1. The van der Waals surface area contributed by atoms with E-state index >= 15 is 0 Å². The zero-order valence-electron chi connectivity index (χ0n) is 20.3. The third kappa shape index (κ3) is 5.85. The fourth-order valence-electron chi connectivity index (χ4n) is 4.08. The summed E-state index contributed by atoms with van der Waals surface area (Å²) in [6, 6.07) is 13.6. The van der Waals surface area contributed by atoms with Crippen LogP contribution in [0.3, 0.4) is 0 Å². The van der Waals surface area contributed by atoms with Gasteiger partial charge in [-0.3, -0.25) is 14.4 Å². The molecule has 4 rings (SSSR count). The quantitative estimate of drug-likeness (QED) is 0.385. The molecule has 1 aliphatic rings. The van der Waals surface area contributed by atoms with Crippen molar-refractivity contribution < 1.29 is 23.9 Å². The standard InChI is InChI=1S/C27H29N3O5S/c1-3-34-19-14-10-18(11-15-19)29-25(32)16(2)35-20-12-8-17(9-13-20)26(33)30-27-23(24(28)31)21-6-4-5-7-22(21)36-27/h8-16H,3-7H2,1-2H3,(H2,28,31)(H,29,32)(H,30,33). The lowest BCUT2D eigenvalue weighted by Gasteiger charge is -2.15. The molecule has 1 atom stereocenters. The van der Waals surface area contributed by atoms with E-state index in [9.17, 15) is 14.4 Å². The number of thiophene rings is 1. The second-order valence-electron chi connectivity index (χ2n) is 8.46. The Kier molecular flexibility index (Phi) is 7.90. The van der Waals surface area contributed by atoms with Gasteiger partial charge in [-0.1, -0.05) is 0 Å². The van der Waals surface area contributed by atoms with Gasteiger partial charge in [0.1, 0.15) is 16.5 Å². The topological polar surface area (TPSA) is 120 Å². The number of nitrogens with one attached hydrogen (secondary N) is 2. The molecule has 3 aromatic rings. The number of primary amides is 1. The van der Waals surface area contributed by atoms with Gasteiger partial charge in [0, 0.05) is 16.1 Å². The highest BCUT2D eigenvalue weighted by Crippen LogP contribution is 2.38. The number of fused-ring (bicyclic) bond motifs is 1. The maximum Gasteiger partial charge on any atom is 0.265 e. The molecule has 188 valence electrons. The van der Waals surface area contributed by atoms with Gasteiger partial charge >= 0.3 is 0 Å². The molecule has 4 N–H and O–H groups in total. The predicted octanol–water partition coefficient (Wildman–Crippen LogP) is 4.78. The fraction of sp³-hybridized carbons (Fsp3) is 0.296. The SMILES string of the molecule is CCOc1ccc(NC(=O)C(C)Oc2ccc(C(=O)Nc3sc4c(c3C(N)=O)CCCC4)cc2)cc1. The molecule has 1 aromatic heterocycles. The molecular formula is C27H29N3O5S. The molecule has 8 nitrogen and oxygen atoms in total. The number of hydrogen-bond acceptors (Lipinski definition) is 6. The van der Waals surface area contributed by atoms with Crippen LogP contribution in [0.2, 0.25) is 0 Å². The first-order chi connectivity index (χ1) is 17.4. The van der Waals surface area contributed by atoms with Crippen molar-refractivity contribution in [3.8, 4) is 11.5 Å². The Balaban J connectivity index is 1.36. The highest BCUT2D eigenvalue weighted by molar-refractivity contribution is 7.17. The Morgan fingerprint density at radius 3 is 2.31 bits per heavy atom. The summed E-state index contributed by atoms with van der Waals surface area (Å²) in [5, 5.41) is 6.15. The zero-order chi connectivity index (χ0) is 25.7. The van der Waals surface area contributed by atoms with Crippen molar-refractivity contribution in [3.05, 3.63) is 70.1 Å².